The van der Waals surface area contributed by atoms with Crippen LogP contribution in [0.5, 0.6) is 11.5 Å². The molecule has 0 saturated carbocycles. The van der Waals surface area contributed by atoms with Crippen molar-refractivity contribution in [3.8, 4) is 11.5 Å². The predicted molar refractivity (Wildman–Crippen MR) is 68.3 cm³/mol. The fourth-order valence-corrected chi connectivity index (χ4v) is 2.24. The Morgan fingerprint density at radius 2 is 1.94 bits per heavy atom. The van der Waals surface area contributed by atoms with Crippen LogP contribution in [0.25, 0.3) is 0 Å². The number of benzene rings is 1. The van der Waals surface area contributed by atoms with Gasteiger partial charge in [0.15, 0.2) is 5.75 Å². The molecule has 0 aromatic heterocycles. The Morgan fingerprint density at radius 3 is 2.41 bits per heavy atom. The number of carboxylic acids is 1. The average Bonchev–Trinajstić information content (AvgIpc) is 2.17. The van der Waals surface area contributed by atoms with Crippen molar-refractivity contribution in [2.45, 2.75) is 26.1 Å². The molecule has 94 valence electrons. The first-order chi connectivity index (χ1) is 7.81. The first-order valence-electron chi connectivity index (χ1n) is 5.39. The molecule has 1 rings (SSSR count). The van der Waals surface area contributed by atoms with E-state index >= 15 is 0 Å². The quantitative estimate of drug-likeness (QED) is 0.820. The van der Waals surface area contributed by atoms with Gasteiger partial charge in [-0.2, -0.15) is 0 Å². The molecule has 0 amide bonds. The van der Waals surface area contributed by atoms with E-state index in [0.29, 0.717) is 17.1 Å². The van der Waals surface area contributed by atoms with Crippen molar-refractivity contribution < 1.29 is 19.1 Å². The Labute approximate surface area is 102 Å². The van der Waals surface area contributed by atoms with Gasteiger partial charge in [-0.3, -0.25) is 4.79 Å². The van der Waals surface area contributed by atoms with Crippen molar-refractivity contribution in [3.63, 3.8) is 0 Å². The molecular weight excluding hydrogens is 236 g/mol. The highest BCUT2D eigenvalue weighted by Crippen LogP contribution is 2.30. The number of carboxylic acid groups (broad SMARTS) is 1. The summed E-state index contributed by atoms with van der Waals surface area (Å²) >= 11 is 0. The molecule has 0 aliphatic heterocycles. The van der Waals surface area contributed by atoms with Crippen molar-refractivity contribution in [2.24, 2.45) is 0 Å². The van der Waals surface area contributed by atoms with Gasteiger partial charge in [0.05, 0.1) is 13.5 Å². The van der Waals surface area contributed by atoms with Crippen molar-refractivity contribution >= 4 is 14.3 Å². The van der Waals surface area contributed by atoms with E-state index in [9.17, 15) is 4.79 Å². The second-order valence-electron chi connectivity index (χ2n) is 4.77. The minimum Gasteiger partial charge on any atom is -0.542 e. The second kappa shape index (κ2) is 5.22. The van der Waals surface area contributed by atoms with E-state index in [1.54, 1.807) is 25.3 Å². The summed E-state index contributed by atoms with van der Waals surface area (Å²) in [7, 11) is -0.139. The lowest BCUT2D eigenvalue weighted by Gasteiger charge is -2.21. The first kappa shape index (κ1) is 13.6. The highest BCUT2D eigenvalue weighted by molar-refractivity contribution is 6.70. The van der Waals surface area contributed by atoms with Crippen LogP contribution in [-0.4, -0.2) is 26.5 Å². The van der Waals surface area contributed by atoms with Crippen LogP contribution in [0, 0.1) is 0 Å². The van der Waals surface area contributed by atoms with Crippen LogP contribution in [0.4, 0.5) is 0 Å². The zero-order valence-corrected chi connectivity index (χ0v) is 11.6. The topological polar surface area (TPSA) is 55.8 Å². The number of rotatable bonds is 5. The predicted octanol–water partition coefficient (Wildman–Crippen LogP) is 2.54. The number of hydrogen-bond acceptors (Lipinski definition) is 3. The summed E-state index contributed by atoms with van der Waals surface area (Å²) in [5, 5.41) is 8.72. The first-order valence-corrected chi connectivity index (χ1v) is 8.80. The fourth-order valence-electron chi connectivity index (χ4n) is 1.41. The molecule has 0 spiro atoms. The van der Waals surface area contributed by atoms with Gasteiger partial charge in [0.2, 0.25) is 8.32 Å². The van der Waals surface area contributed by atoms with Gasteiger partial charge in [-0.1, -0.05) is 6.07 Å². The number of carbonyl (C=O) groups is 1. The lowest BCUT2D eigenvalue weighted by Crippen LogP contribution is -2.29. The van der Waals surface area contributed by atoms with Crippen LogP contribution < -0.4 is 9.16 Å². The lowest BCUT2D eigenvalue weighted by molar-refractivity contribution is -0.136. The van der Waals surface area contributed by atoms with Gasteiger partial charge in [-0.25, -0.2) is 0 Å². The van der Waals surface area contributed by atoms with E-state index in [0.717, 1.165) is 0 Å². The number of methoxy groups -OCH3 is 1. The molecular formula is C12H18O4Si. The van der Waals surface area contributed by atoms with Gasteiger partial charge >= 0.3 is 5.97 Å². The second-order valence-corrected chi connectivity index (χ2v) is 9.20. The molecule has 0 aliphatic carbocycles. The minimum atomic E-state index is -1.69. The van der Waals surface area contributed by atoms with Crippen LogP contribution in [0.3, 0.4) is 0 Å². The molecule has 0 aliphatic rings. The van der Waals surface area contributed by atoms with Crippen molar-refractivity contribution in [1.29, 1.82) is 0 Å². The van der Waals surface area contributed by atoms with Crippen LogP contribution >= 0.6 is 0 Å². The maximum atomic E-state index is 10.6. The fraction of sp³-hybridized carbons (Fsp3) is 0.417. The third kappa shape index (κ3) is 4.48. The van der Waals surface area contributed by atoms with Crippen LogP contribution in [-0.2, 0) is 11.2 Å². The average molecular weight is 254 g/mol. The van der Waals surface area contributed by atoms with Gasteiger partial charge in [-0.15, -0.1) is 0 Å². The smallest absolute Gasteiger partial charge is 0.307 e. The summed E-state index contributed by atoms with van der Waals surface area (Å²) in [6, 6.07) is 5.24. The van der Waals surface area contributed by atoms with E-state index < -0.39 is 14.3 Å². The highest BCUT2D eigenvalue weighted by atomic mass is 28.4. The summed E-state index contributed by atoms with van der Waals surface area (Å²) in [6.45, 7) is 6.24. The van der Waals surface area contributed by atoms with Crippen molar-refractivity contribution in [1.82, 2.24) is 0 Å². The van der Waals surface area contributed by atoms with Crippen molar-refractivity contribution in [2.75, 3.05) is 7.11 Å². The largest absolute Gasteiger partial charge is 0.542 e. The molecule has 17 heavy (non-hydrogen) atoms. The van der Waals surface area contributed by atoms with Gasteiger partial charge < -0.3 is 14.3 Å². The Kier molecular flexibility index (Phi) is 4.17. The number of aliphatic carboxylic acids is 1. The zero-order chi connectivity index (χ0) is 13.1. The molecule has 0 unspecified atom stereocenters. The molecule has 0 saturated heterocycles. The summed E-state index contributed by atoms with van der Waals surface area (Å²) in [5.74, 6) is 0.415. The third-order valence-corrected chi connectivity index (χ3v) is 2.83. The van der Waals surface area contributed by atoms with E-state index in [1.807, 2.05) is 0 Å². The summed E-state index contributed by atoms with van der Waals surface area (Å²) < 4.78 is 11.1. The Hall–Kier alpha value is -1.49. The molecule has 4 nitrogen and oxygen atoms in total. The molecule has 0 radical (unpaired) electrons. The maximum Gasteiger partial charge on any atom is 0.307 e. The van der Waals surface area contributed by atoms with Gasteiger partial charge in [-0.05, 0) is 37.3 Å². The normalized spacial score (nSPS) is 11.1. The third-order valence-electron chi connectivity index (χ3n) is 2.00. The van der Waals surface area contributed by atoms with Gasteiger partial charge in [0, 0.05) is 0 Å². The van der Waals surface area contributed by atoms with Gasteiger partial charge in [0.1, 0.15) is 5.75 Å². The Bertz CT molecular complexity index is 409. The zero-order valence-electron chi connectivity index (χ0n) is 10.6. The lowest BCUT2D eigenvalue weighted by atomic mass is 10.1. The van der Waals surface area contributed by atoms with E-state index in [1.165, 1.54) is 0 Å². The number of hydrogen-bond donors (Lipinski definition) is 1. The van der Waals surface area contributed by atoms with Gasteiger partial charge in [0.25, 0.3) is 0 Å². The van der Waals surface area contributed by atoms with Crippen LogP contribution in [0.2, 0.25) is 19.6 Å². The molecule has 0 fully saturated rings. The van der Waals surface area contributed by atoms with E-state index in [-0.39, 0.29) is 6.42 Å². The maximum absolute atomic E-state index is 10.6. The molecule has 1 N–H and O–H groups in total. The molecule has 0 bridgehead atoms. The summed E-state index contributed by atoms with van der Waals surface area (Å²) in [5.41, 5.74) is 0.706. The monoisotopic (exact) mass is 254 g/mol. The Balaban J connectivity index is 2.97. The molecule has 1 aromatic rings. The van der Waals surface area contributed by atoms with E-state index in [4.69, 9.17) is 14.3 Å². The molecule has 0 heterocycles. The molecule has 1 aromatic carbocycles. The number of ether oxygens (including phenoxy) is 1. The Morgan fingerprint density at radius 1 is 1.29 bits per heavy atom. The van der Waals surface area contributed by atoms with Crippen LogP contribution in [0.15, 0.2) is 18.2 Å². The molecule has 0 atom stereocenters. The standard InChI is InChI=1S/C12H18O4Si/c1-15-11-7-9(8-12(13)14)5-6-10(11)16-17(2,3)4/h5-7H,8H2,1-4H3,(H,13,14). The van der Waals surface area contributed by atoms with Crippen LogP contribution in [0.1, 0.15) is 5.56 Å². The molecule has 5 heteroatoms. The summed E-state index contributed by atoms with van der Waals surface area (Å²) in [6.07, 6.45) is -0.0103. The highest BCUT2D eigenvalue weighted by Gasteiger charge is 2.19. The SMILES string of the molecule is COc1cc(CC(=O)O)ccc1O[Si](C)(C)C. The van der Waals surface area contributed by atoms with Crippen molar-refractivity contribution in [3.05, 3.63) is 23.8 Å². The minimum absolute atomic E-state index is 0.0103. The summed E-state index contributed by atoms with van der Waals surface area (Å²) in [4.78, 5) is 10.6. The van der Waals surface area contributed by atoms with E-state index in [2.05, 4.69) is 19.6 Å².